The Morgan fingerprint density at radius 2 is 2.06 bits per heavy atom. The molecule has 5 nitrogen and oxygen atoms in total. The Balaban J connectivity index is 2.08. The maximum Gasteiger partial charge on any atom is 0.249 e. The first-order valence-corrected chi connectivity index (χ1v) is 5.65. The molecule has 3 amide bonds. The van der Waals surface area contributed by atoms with Crippen LogP contribution in [-0.4, -0.2) is 35.2 Å². The van der Waals surface area contributed by atoms with Crippen LogP contribution in [0.1, 0.15) is 26.7 Å². The average molecular weight is 224 g/mol. The maximum atomic E-state index is 12.1. The SMILES string of the molecule is CC(C(=O)N1CC(=O)NC(=O)C1C)C1CC1. The van der Waals surface area contributed by atoms with Crippen molar-refractivity contribution in [3.63, 3.8) is 0 Å². The van der Waals surface area contributed by atoms with Gasteiger partial charge in [0.1, 0.15) is 12.6 Å². The van der Waals surface area contributed by atoms with Crippen LogP contribution < -0.4 is 5.32 Å². The summed E-state index contributed by atoms with van der Waals surface area (Å²) in [6, 6.07) is -0.536. The van der Waals surface area contributed by atoms with Crippen molar-refractivity contribution in [3.05, 3.63) is 0 Å². The molecule has 2 rings (SSSR count). The molecule has 0 bridgehead atoms. The number of nitrogens with zero attached hydrogens (tertiary/aromatic N) is 1. The minimum atomic E-state index is -0.536. The number of carbonyl (C=O) groups excluding carboxylic acids is 3. The van der Waals surface area contributed by atoms with Gasteiger partial charge in [-0.2, -0.15) is 0 Å². The molecule has 0 radical (unpaired) electrons. The molecule has 16 heavy (non-hydrogen) atoms. The predicted molar refractivity (Wildman–Crippen MR) is 56.2 cm³/mol. The van der Waals surface area contributed by atoms with E-state index in [0.717, 1.165) is 12.8 Å². The summed E-state index contributed by atoms with van der Waals surface area (Å²) in [7, 11) is 0. The minimum absolute atomic E-state index is 0.00278. The zero-order chi connectivity index (χ0) is 11.9. The number of rotatable bonds is 2. The zero-order valence-corrected chi connectivity index (χ0v) is 9.53. The van der Waals surface area contributed by atoms with E-state index in [1.807, 2.05) is 6.92 Å². The Bertz CT molecular complexity index is 349. The van der Waals surface area contributed by atoms with Crippen LogP contribution in [0, 0.1) is 11.8 Å². The number of imide groups is 1. The van der Waals surface area contributed by atoms with Gasteiger partial charge in [0.25, 0.3) is 0 Å². The van der Waals surface area contributed by atoms with E-state index in [2.05, 4.69) is 5.32 Å². The van der Waals surface area contributed by atoms with Crippen molar-refractivity contribution in [2.45, 2.75) is 32.7 Å². The van der Waals surface area contributed by atoms with Crippen molar-refractivity contribution < 1.29 is 14.4 Å². The standard InChI is InChI=1S/C11H16N2O3/c1-6(8-3-4-8)11(16)13-5-9(14)12-10(15)7(13)2/h6-8H,3-5H2,1-2H3,(H,12,14,15). The molecule has 0 spiro atoms. The summed E-state index contributed by atoms with van der Waals surface area (Å²) in [6.07, 6.45) is 2.16. The summed E-state index contributed by atoms with van der Waals surface area (Å²) in [4.78, 5) is 36.1. The van der Waals surface area contributed by atoms with Gasteiger partial charge in [0.15, 0.2) is 0 Å². The molecule has 1 aliphatic carbocycles. The lowest BCUT2D eigenvalue weighted by Crippen LogP contribution is -2.59. The fourth-order valence-electron chi connectivity index (χ4n) is 2.04. The molecule has 0 aromatic carbocycles. The maximum absolute atomic E-state index is 12.1. The van der Waals surface area contributed by atoms with Gasteiger partial charge in [0.05, 0.1) is 0 Å². The summed E-state index contributed by atoms with van der Waals surface area (Å²) in [5.41, 5.74) is 0. The molecule has 0 aromatic rings. The van der Waals surface area contributed by atoms with E-state index in [0.29, 0.717) is 5.92 Å². The largest absolute Gasteiger partial charge is 0.321 e. The van der Waals surface area contributed by atoms with Gasteiger partial charge < -0.3 is 4.90 Å². The Morgan fingerprint density at radius 3 is 2.62 bits per heavy atom. The first-order chi connectivity index (χ1) is 7.50. The Morgan fingerprint density at radius 1 is 1.44 bits per heavy atom. The second-order valence-electron chi connectivity index (χ2n) is 4.68. The summed E-state index contributed by atoms with van der Waals surface area (Å²) in [5.74, 6) is -0.466. The van der Waals surface area contributed by atoms with E-state index < -0.39 is 6.04 Å². The molecular weight excluding hydrogens is 208 g/mol. The number of hydrogen-bond donors (Lipinski definition) is 1. The van der Waals surface area contributed by atoms with E-state index in [1.54, 1.807) is 6.92 Å². The van der Waals surface area contributed by atoms with Gasteiger partial charge in [-0.05, 0) is 25.7 Å². The van der Waals surface area contributed by atoms with E-state index in [1.165, 1.54) is 4.90 Å². The van der Waals surface area contributed by atoms with E-state index in [9.17, 15) is 14.4 Å². The Kier molecular flexibility index (Phi) is 2.69. The molecule has 1 aliphatic heterocycles. The van der Waals surface area contributed by atoms with E-state index >= 15 is 0 Å². The monoisotopic (exact) mass is 224 g/mol. The first kappa shape index (κ1) is 11.1. The van der Waals surface area contributed by atoms with E-state index in [-0.39, 0.29) is 30.2 Å². The molecule has 2 atom stereocenters. The summed E-state index contributed by atoms with van der Waals surface area (Å²) < 4.78 is 0. The van der Waals surface area contributed by atoms with Gasteiger partial charge in [-0.25, -0.2) is 0 Å². The zero-order valence-electron chi connectivity index (χ0n) is 9.53. The third kappa shape index (κ3) is 1.94. The van der Waals surface area contributed by atoms with Crippen molar-refractivity contribution in [2.24, 2.45) is 11.8 Å². The van der Waals surface area contributed by atoms with Crippen LogP contribution in [0.3, 0.4) is 0 Å². The van der Waals surface area contributed by atoms with E-state index in [4.69, 9.17) is 0 Å². The van der Waals surface area contributed by atoms with Gasteiger partial charge >= 0.3 is 0 Å². The number of hydrogen-bond acceptors (Lipinski definition) is 3. The second kappa shape index (κ2) is 3.88. The van der Waals surface area contributed by atoms with Crippen LogP contribution >= 0.6 is 0 Å². The summed E-state index contributed by atoms with van der Waals surface area (Å²) >= 11 is 0. The highest BCUT2D eigenvalue weighted by Gasteiger charge is 2.40. The third-order valence-electron chi connectivity index (χ3n) is 3.43. The normalized spacial score (nSPS) is 27.6. The molecule has 1 saturated carbocycles. The number of nitrogens with one attached hydrogen (secondary N) is 1. The molecular formula is C11H16N2O3. The highest BCUT2D eigenvalue weighted by atomic mass is 16.2. The summed E-state index contributed by atoms with van der Waals surface area (Å²) in [6.45, 7) is 3.53. The quantitative estimate of drug-likeness (QED) is 0.666. The van der Waals surface area contributed by atoms with Crippen LogP contribution in [-0.2, 0) is 14.4 Å². The van der Waals surface area contributed by atoms with Gasteiger partial charge in [-0.3, -0.25) is 19.7 Å². The van der Waals surface area contributed by atoms with Crippen LogP contribution in [0.2, 0.25) is 0 Å². The average Bonchev–Trinajstić information content (AvgIpc) is 3.05. The summed E-state index contributed by atoms with van der Waals surface area (Å²) in [5, 5.41) is 2.23. The first-order valence-electron chi connectivity index (χ1n) is 5.65. The third-order valence-corrected chi connectivity index (χ3v) is 3.43. The Labute approximate surface area is 94.2 Å². The minimum Gasteiger partial charge on any atom is -0.321 e. The molecule has 1 heterocycles. The van der Waals surface area contributed by atoms with Crippen LogP contribution in [0.15, 0.2) is 0 Å². The van der Waals surface area contributed by atoms with Crippen molar-refractivity contribution in [1.29, 1.82) is 0 Å². The lowest BCUT2D eigenvalue weighted by Gasteiger charge is -2.33. The lowest BCUT2D eigenvalue weighted by molar-refractivity contribution is -0.151. The highest BCUT2D eigenvalue weighted by molar-refractivity contribution is 6.04. The van der Waals surface area contributed by atoms with Gasteiger partial charge in [-0.1, -0.05) is 6.92 Å². The van der Waals surface area contributed by atoms with Gasteiger partial charge in [0, 0.05) is 5.92 Å². The van der Waals surface area contributed by atoms with Crippen LogP contribution in [0.5, 0.6) is 0 Å². The number of piperazine rings is 1. The van der Waals surface area contributed by atoms with Gasteiger partial charge in [-0.15, -0.1) is 0 Å². The molecule has 2 fully saturated rings. The topological polar surface area (TPSA) is 66.5 Å². The molecule has 5 heteroatoms. The van der Waals surface area contributed by atoms with Crippen LogP contribution in [0.25, 0.3) is 0 Å². The molecule has 2 unspecified atom stereocenters. The van der Waals surface area contributed by atoms with Crippen molar-refractivity contribution in [1.82, 2.24) is 10.2 Å². The Hall–Kier alpha value is -1.39. The smallest absolute Gasteiger partial charge is 0.249 e. The van der Waals surface area contributed by atoms with Gasteiger partial charge in [0.2, 0.25) is 17.7 Å². The molecule has 0 aromatic heterocycles. The molecule has 88 valence electrons. The number of carbonyl (C=O) groups is 3. The molecule has 1 N–H and O–H groups in total. The second-order valence-corrected chi connectivity index (χ2v) is 4.68. The fraction of sp³-hybridized carbons (Fsp3) is 0.727. The van der Waals surface area contributed by atoms with Crippen molar-refractivity contribution in [2.75, 3.05) is 6.54 Å². The molecule has 2 aliphatic rings. The predicted octanol–water partition coefficient (Wildman–Crippen LogP) is -0.0940. The molecule has 1 saturated heterocycles. The van der Waals surface area contributed by atoms with Crippen molar-refractivity contribution >= 4 is 17.7 Å². The number of amides is 3. The van der Waals surface area contributed by atoms with Crippen molar-refractivity contribution in [3.8, 4) is 0 Å². The fourth-order valence-corrected chi connectivity index (χ4v) is 2.04. The highest BCUT2D eigenvalue weighted by Crippen LogP contribution is 2.37. The van der Waals surface area contributed by atoms with Crippen LogP contribution in [0.4, 0.5) is 0 Å². The lowest BCUT2D eigenvalue weighted by atomic mass is 10.0.